The summed E-state index contributed by atoms with van der Waals surface area (Å²) in [6.07, 6.45) is 6.20. The van der Waals surface area contributed by atoms with E-state index < -0.39 is 0 Å². The van der Waals surface area contributed by atoms with Crippen molar-refractivity contribution in [3.8, 4) is 0 Å². The summed E-state index contributed by atoms with van der Waals surface area (Å²) in [5, 5.41) is 0. The molecule has 2 aromatic rings. The Hall–Kier alpha value is -2.73. The predicted octanol–water partition coefficient (Wildman–Crippen LogP) is 4.67. The van der Waals surface area contributed by atoms with Gasteiger partial charge in [0.25, 0.3) is 5.91 Å². The first kappa shape index (κ1) is 20.8. The number of nitrogens with zero attached hydrogens (tertiary/aromatic N) is 2. The van der Waals surface area contributed by atoms with Crippen molar-refractivity contribution in [1.82, 2.24) is 4.90 Å². The predicted molar refractivity (Wildman–Crippen MR) is 128 cm³/mol. The molecule has 6 heteroatoms. The monoisotopic (exact) mass is 504 g/mol. The van der Waals surface area contributed by atoms with Crippen molar-refractivity contribution >= 4 is 39.3 Å². The lowest BCUT2D eigenvalue weighted by atomic mass is 9.63. The Morgan fingerprint density at radius 3 is 2.24 bits per heavy atom. The molecule has 3 amide bonds. The summed E-state index contributed by atoms with van der Waals surface area (Å²) in [5.74, 6) is 0.475. The Kier molecular flexibility index (Phi) is 4.84. The van der Waals surface area contributed by atoms with Crippen molar-refractivity contribution < 1.29 is 14.4 Å². The summed E-state index contributed by atoms with van der Waals surface area (Å²) < 4.78 is 0.927. The number of hydrogen-bond donors (Lipinski definition) is 0. The summed E-state index contributed by atoms with van der Waals surface area (Å²) in [7, 11) is 0. The summed E-state index contributed by atoms with van der Waals surface area (Å²) in [4.78, 5) is 43.8. The Bertz CT molecular complexity index is 1160. The Morgan fingerprint density at radius 1 is 1.00 bits per heavy atom. The van der Waals surface area contributed by atoms with Crippen molar-refractivity contribution in [3.05, 3.63) is 76.3 Å². The minimum absolute atomic E-state index is 0.0538. The van der Waals surface area contributed by atoms with Gasteiger partial charge >= 0.3 is 0 Å². The molecule has 0 N–H and O–H groups in total. The lowest BCUT2D eigenvalue weighted by Crippen LogP contribution is -2.45. The molecule has 3 fully saturated rings. The summed E-state index contributed by atoms with van der Waals surface area (Å²) in [5.41, 5.74) is 2.24. The van der Waals surface area contributed by atoms with Crippen LogP contribution in [0.5, 0.6) is 0 Å². The zero-order valence-electron chi connectivity index (χ0n) is 18.4. The number of benzene rings is 2. The Labute approximate surface area is 201 Å². The van der Waals surface area contributed by atoms with Crippen LogP contribution in [0, 0.1) is 35.5 Å². The van der Waals surface area contributed by atoms with Crippen molar-refractivity contribution in [2.45, 2.75) is 19.8 Å². The number of anilines is 1. The number of rotatable bonds is 5. The lowest BCUT2D eigenvalue weighted by molar-refractivity contribution is -0.140. The summed E-state index contributed by atoms with van der Waals surface area (Å²) in [6, 6.07) is 14.8. The van der Waals surface area contributed by atoms with E-state index in [1.54, 1.807) is 17.0 Å². The van der Waals surface area contributed by atoms with Crippen molar-refractivity contribution in [1.29, 1.82) is 0 Å². The van der Waals surface area contributed by atoms with E-state index in [2.05, 4.69) is 28.1 Å². The van der Waals surface area contributed by atoms with Gasteiger partial charge in [0.2, 0.25) is 11.8 Å². The lowest BCUT2D eigenvalue weighted by Gasteiger charge is -2.37. The van der Waals surface area contributed by atoms with Crippen LogP contribution in [0.1, 0.15) is 29.3 Å². The van der Waals surface area contributed by atoms with E-state index in [1.165, 1.54) is 4.90 Å². The maximum atomic E-state index is 13.7. The van der Waals surface area contributed by atoms with Crippen LogP contribution in [-0.4, -0.2) is 29.3 Å². The van der Waals surface area contributed by atoms with Crippen molar-refractivity contribution in [2.75, 3.05) is 11.6 Å². The molecule has 0 spiro atoms. The quantitative estimate of drug-likeness (QED) is 0.439. The molecule has 5 aliphatic rings. The molecule has 0 aromatic heterocycles. The van der Waals surface area contributed by atoms with Gasteiger partial charge in [0, 0.05) is 15.7 Å². The molecule has 0 radical (unpaired) electrons. The fourth-order valence-electron chi connectivity index (χ4n) is 6.39. The average molecular weight is 505 g/mol. The molecule has 2 saturated carbocycles. The van der Waals surface area contributed by atoms with Gasteiger partial charge in [-0.15, -0.1) is 0 Å². The minimum atomic E-state index is -0.263. The van der Waals surface area contributed by atoms with E-state index in [-0.39, 0.29) is 48.1 Å². The average Bonchev–Trinajstić information content (AvgIpc) is 3.63. The number of halogens is 1. The number of carbonyl (C=O) groups excluding carboxylic acids is 3. The molecule has 7 rings (SSSR count). The smallest absolute Gasteiger partial charge is 0.259 e. The topological polar surface area (TPSA) is 57.7 Å². The van der Waals surface area contributed by atoms with Gasteiger partial charge in [-0.3, -0.25) is 24.2 Å². The van der Waals surface area contributed by atoms with Crippen LogP contribution < -0.4 is 4.90 Å². The van der Waals surface area contributed by atoms with Gasteiger partial charge in [0.1, 0.15) is 6.67 Å². The second kappa shape index (κ2) is 7.66. The maximum Gasteiger partial charge on any atom is 0.259 e. The highest BCUT2D eigenvalue weighted by Gasteiger charge is 2.67. The molecule has 6 unspecified atom stereocenters. The normalized spacial score (nSPS) is 30.9. The fourth-order valence-corrected chi connectivity index (χ4v) is 6.79. The third-order valence-corrected chi connectivity index (χ3v) is 8.51. The van der Waals surface area contributed by atoms with Crippen molar-refractivity contribution in [3.63, 3.8) is 0 Å². The first-order valence-corrected chi connectivity index (χ1v) is 12.5. The van der Waals surface area contributed by atoms with Crippen LogP contribution >= 0.6 is 15.9 Å². The number of imide groups is 1. The first-order valence-electron chi connectivity index (χ1n) is 11.7. The molecule has 33 heavy (non-hydrogen) atoms. The number of carbonyl (C=O) groups is 3. The van der Waals surface area contributed by atoms with Gasteiger partial charge in [0.05, 0.1) is 11.8 Å². The highest BCUT2D eigenvalue weighted by Crippen LogP contribution is 2.65. The first-order chi connectivity index (χ1) is 16.0. The zero-order chi connectivity index (χ0) is 22.9. The molecule has 2 bridgehead atoms. The van der Waals surface area contributed by atoms with Gasteiger partial charge in [-0.25, -0.2) is 0 Å². The molecule has 5 nitrogen and oxygen atoms in total. The highest BCUT2D eigenvalue weighted by atomic mass is 79.9. The molecular weight excluding hydrogens is 480 g/mol. The van der Waals surface area contributed by atoms with Crippen LogP contribution in [0.3, 0.4) is 0 Å². The zero-order valence-corrected chi connectivity index (χ0v) is 19.9. The molecule has 6 atom stereocenters. The minimum Gasteiger partial charge on any atom is -0.289 e. The van der Waals surface area contributed by atoms with Crippen LogP contribution in [-0.2, 0) is 16.0 Å². The second-order valence-electron chi connectivity index (χ2n) is 9.63. The molecule has 1 saturated heterocycles. The molecule has 1 aliphatic heterocycles. The molecule has 168 valence electrons. The molecule has 4 aliphatic carbocycles. The van der Waals surface area contributed by atoms with E-state index >= 15 is 0 Å². The van der Waals surface area contributed by atoms with E-state index in [9.17, 15) is 14.4 Å². The van der Waals surface area contributed by atoms with Gasteiger partial charge in [-0.05, 0) is 72.4 Å². The standard InChI is InChI=1S/C27H25BrN2O3/c1-2-15-12-17(28)8-11-22(15)29(25(31)16-6-4-3-5-7-16)14-30-26(32)23-18-9-10-19(21-13-20(18)21)24(23)27(30)33/h3-12,18-21,23-24H,2,13-14H2,1H3. The summed E-state index contributed by atoms with van der Waals surface area (Å²) in [6.45, 7) is 1.98. The van der Waals surface area contributed by atoms with E-state index in [0.29, 0.717) is 17.4 Å². The SMILES string of the molecule is CCc1cc(Br)ccc1N(CN1C(=O)C2C3C=CC(C4CC34)C2C1=O)C(=O)c1ccccc1. The number of amides is 3. The van der Waals surface area contributed by atoms with Crippen LogP contribution in [0.4, 0.5) is 5.69 Å². The third-order valence-electron chi connectivity index (χ3n) is 8.02. The maximum absolute atomic E-state index is 13.7. The number of allylic oxidation sites excluding steroid dienone is 2. The van der Waals surface area contributed by atoms with Crippen LogP contribution in [0.25, 0.3) is 0 Å². The summed E-state index contributed by atoms with van der Waals surface area (Å²) >= 11 is 3.52. The molecule has 2 aromatic carbocycles. The van der Waals surface area contributed by atoms with Crippen LogP contribution in [0.2, 0.25) is 0 Å². The van der Waals surface area contributed by atoms with Gasteiger partial charge in [-0.1, -0.05) is 53.2 Å². The van der Waals surface area contributed by atoms with Gasteiger partial charge in [0.15, 0.2) is 0 Å². The second-order valence-corrected chi connectivity index (χ2v) is 10.5. The van der Waals surface area contributed by atoms with Gasteiger partial charge in [-0.2, -0.15) is 0 Å². The molecular formula is C27H25BrN2O3. The Morgan fingerprint density at radius 2 is 1.64 bits per heavy atom. The largest absolute Gasteiger partial charge is 0.289 e. The molecule has 1 heterocycles. The third kappa shape index (κ3) is 3.14. The number of hydrogen-bond acceptors (Lipinski definition) is 3. The highest BCUT2D eigenvalue weighted by molar-refractivity contribution is 9.10. The van der Waals surface area contributed by atoms with E-state index in [1.807, 2.05) is 43.3 Å². The van der Waals surface area contributed by atoms with E-state index in [0.717, 1.165) is 28.6 Å². The van der Waals surface area contributed by atoms with Crippen LogP contribution in [0.15, 0.2) is 65.2 Å². The Balaban J connectivity index is 1.37. The fraction of sp³-hybridized carbons (Fsp3) is 0.370. The van der Waals surface area contributed by atoms with Crippen molar-refractivity contribution in [2.24, 2.45) is 35.5 Å². The number of likely N-dealkylation sites (tertiary alicyclic amines) is 1. The van der Waals surface area contributed by atoms with Gasteiger partial charge < -0.3 is 0 Å². The number of aryl methyl sites for hydroxylation is 1. The van der Waals surface area contributed by atoms with E-state index in [4.69, 9.17) is 0 Å².